The molecule has 0 bridgehead atoms. The summed E-state index contributed by atoms with van der Waals surface area (Å²) in [6.45, 7) is 4.57. The molecule has 0 unspecified atom stereocenters. The Kier molecular flexibility index (Phi) is 4.25. The van der Waals surface area contributed by atoms with Gasteiger partial charge in [-0.1, -0.05) is 12.1 Å². The van der Waals surface area contributed by atoms with Crippen LogP contribution in [0.25, 0.3) is 0 Å². The van der Waals surface area contributed by atoms with E-state index in [0.717, 1.165) is 0 Å². The van der Waals surface area contributed by atoms with Crippen LogP contribution in [-0.2, 0) is 10.1 Å². The fraction of sp³-hybridized carbons (Fsp3) is 0.364. The van der Waals surface area contributed by atoms with E-state index in [1.165, 1.54) is 23.1 Å². The van der Waals surface area contributed by atoms with E-state index < -0.39 is 16.0 Å². The van der Waals surface area contributed by atoms with Crippen LogP contribution in [0.2, 0.25) is 0 Å². The monoisotopic (exact) mass is 257 g/mol. The van der Waals surface area contributed by atoms with Crippen LogP contribution >= 0.6 is 0 Å². The van der Waals surface area contributed by atoms with Crippen LogP contribution in [0.5, 0.6) is 0 Å². The van der Waals surface area contributed by atoms with E-state index in [1.807, 2.05) is 0 Å². The van der Waals surface area contributed by atoms with Gasteiger partial charge in [-0.15, -0.1) is 0 Å². The standard InChI is InChI=1S/C11H15NO4S/c1-3-12(4-2)11(13)9-7-5-6-8-10(9)17(14,15)16/h5-8H,3-4H2,1-2H3,(H,14,15,16). The molecule has 6 heteroatoms. The summed E-state index contributed by atoms with van der Waals surface area (Å²) in [6.07, 6.45) is 0. The molecule has 0 saturated carbocycles. The Labute approximate surface area is 101 Å². The van der Waals surface area contributed by atoms with Gasteiger partial charge in [0.15, 0.2) is 0 Å². The number of benzene rings is 1. The van der Waals surface area contributed by atoms with E-state index in [-0.39, 0.29) is 10.5 Å². The Bertz CT molecular complexity index is 506. The lowest BCUT2D eigenvalue weighted by Gasteiger charge is -2.19. The van der Waals surface area contributed by atoms with E-state index in [4.69, 9.17) is 4.55 Å². The summed E-state index contributed by atoms with van der Waals surface area (Å²) in [4.78, 5) is 13.2. The van der Waals surface area contributed by atoms with Crippen molar-refractivity contribution in [2.45, 2.75) is 18.7 Å². The normalized spacial score (nSPS) is 11.2. The highest BCUT2D eigenvalue weighted by Gasteiger charge is 2.22. The summed E-state index contributed by atoms with van der Waals surface area (Å²) >= 11 is 0. The maximum Gasteiger partial charge on any atom is 0.295 e. The highest BCUT2D eigenvalue weighted by atomic mass is 32.2. The first kappa shape index (κ1) is 13.7. The van der Waals surface area contributed by atoms with E-state index in [1.54, 1.807) is 19.9 Å². The molecule has 1 amide bonds. The van der Waals surface area contributed by atoms with Crippen LogP contribution < -0.4 is 0 Å². The van der Waals surface area contributed by atoms with Gasteiger partial charge >= 0.3 is 0 Å². The first-order chi connectivity index (χ1) is 7.91. The number of nitrogens with zero attached hydrogens (tertiary/aromatic N) is 1. The van der Waals surface area contributed by atoms with Gasteiger partial charge < -0.3 is 4.90 Å². The molecule has 0 fully saturated rings. The van der Waals surface area contributed by atoms with Crippen molar-refractivity contribution in [1.29, 1.82) is 0 Å². The van der Waals surface area contributed by atoms with Crippen LogP contribution in [0.4, 0.5) is 0 Å². The summed E-state index contributed by atoms with van der Waals surface area (Å²) in [5.74, 6) is -0.400. The number of hydrogen-bond acceptors (Lipinski definition) is 3. The molecule has 0 saturated heterocycles. The number of hydrogen-bond donors (Lipinski definition) is 1. The maximum absolute atomic E-state index is 12.0. The second kappa shape index (κ2) is 5.29. The molecular formula is C11H15NO4S. The third-order valence-electron chi connectivity index (χ3n) is 2.45. The average molecular weight is 257 g/mol. The molecule has 17 heavy (non-hydrogen) atoms. The van der Waals surface area contributed by atoms with Crippen molar-refractivity contribution in [3.8, 4) is 0 Å². The Morgan fingerprint density at radius 2 is 1.76 bits per heavy atom. The summed E-state index contributed by atoms with van der Waals surface area (Å²) < 4.78 is 31.3. The molecule has 0 radical (unpaired) electrons. The second-order valence-corrected chi connectivity index (χ2v) is 4.84. The van der Waals surface area contributed by atoms with Gasteiger partial charge in [0, 0.05) is 13.1 Å². The summed E-state index contributed by atoms with van der Waals surface area (Å²) in [5.41, 5.74) is -0.00120. The Hall–Kier alpha value is -1.40. The lowest BCUT2D eigenvalue weighted by Crippen LogP contribution is -2.31. The van der Waals surface area contributed by atoms with E-state index in [2.05, 4.69) is 0 Å². The average Bonchev–Trinajstić information content (AvgIpc) is 2.29. The van der Waals surface area contributed by atoms with E-state index in [0.29, 0.717) is 13.1 Å². The molecule has 1 rings (SSSR count). The van der Waals surface area contributed by atoms with Crippen molar-refractivity contribution in [2.75, 3.05) is 13.1 Å². The van der Waals surface area contributed by atoms with Crippen molar-refractivity contribution in [1.82, 2.24) is 4.90 Å². The highest BCUT2D eigenvalue weighted by Crippen LogP contribution is 2.17. The van der Waals surface area contributed by atoms with Crippen LogP contribution in [0.15, 0.2) is 29.2 Å². The van der Waals surface area contributed by atoms with Crippen LogP contribution in [0.1, 0.15) is 24.2 Å². The zero-order valence-corrected chi connectivity index (χ0v) is 10.6. The molecule has 94 valence electrons. The number of rotatable bonds is 4. The van der Waals surface area contributed by atoms with Crippen molar-refractivity contribution >= 4 is 16.0 Å². The molecule has 0 spiro atoms. The van der Waals surface area contributed by atoms with Gasteiger partial charge in [-0.05, 0) is 26.0 Å². The van der Waals surface area contributed by atoms with Crippen molar-refractivity contribution in [3.63, 3.8) is 0 Å². The van der Waals surface area contributed by atoms with Gasteiger partial charge in [0.25, 0.3) is 16.0 Å². The largest absolute Gasteiger partial charge is 0.339 e. The van der Waals surface area contributed by atoms with Gasteiger partial charge in [0.05, 0.1) is 5.56 Å². The Morgan fingerprint density at radius 1 is 1.24 bits per heavy atom. The van der Waals surface area contributed by atoms with Gasteiger partial charge in [-0.2, -0.15) is 8.42 Å². The fourth-order valence-electron chi connectivity index (χ4n) is 1.55. The van der Waals surface area contributed by atoms with E-state index in [9.17, 15) is 13.2 Å². The smallest absolute Gasteiger partial charge is 0.295 e. The number of amides is 1. The first-order valence-corrected chi connectivity index (χ1v) is 6.71. The van der Waals surface area contributed by atoms with Crippen LogP contribution in [0, 0.1) is 0 Å². The first-order valence-electron chi connectivity index (χ1n) is 5.27. The summed E-state index contributed by atoms with van der Waals surface area (Å²) in [7, 11) is -4.38. The molecule has 0 atom stereocenters. The minimum absolute atomic E-state index is 0.00120. The zero-order chi connectivity index (χ0) is 13.1. The lowest BCUT2D eigenvalue weighted by molar-refractivity contribution is 0.0769. The number of carbonyl (C=O) groups excluding carboxylic acids is 1. The molecule has 1 aromatic rings. The topological polar surface area (TPSA) is 74.7 Å². The lowest BCUT2D eigenvalue weighted by atomic mass is 10.2. The predicted molar refractivity (Wildman–Crippen MR) is 63.5 cm³/mol. The van der Waals surface area contributed by atoms with Crippen LogP contribution in [0.3, 0.4) is 0 Å². The van der Waals surface area contributed by atoms with Gasteiger partial charge in [-0.25, -0.2) is 0 Å². The molecule has 0 aliphatic carbocycles. The quantitative estimate of drug-likeness (QED) is 0.828. The van der Waals surface area contributed by atoms with Gasteiger partial charge in [0.2, 0.25) is 0 Å². The molecule has 5 nitrogen and oxygen atoms in total. The van der Waals surface area contributed by atoms with Crippen LogP contribution in [-0.4, -0.2) is 36.9 Å². The fourth-order valence-corrected chi connectivity index (χ4v) is 2.23. The summed E-state index contributed by atoms with van der Waals surface area (Å²) in [5, 5.41) is 0. The third kappa shape index (κ3) is 3.04. The van der Waals surface area contributed by atoms with E-state index >= 15 is 0 Å². The van der Waals surface area contributed by atoms with Crippen molar-refractivity contribution in [2.24, 2.45) is 0 Å². The molecular weight excluding hydrogens is 242 g/mol. The highest BCUT2D eigenvalue weighted by molar-refractivity contribution is 7.86. The maximum atomic E-state index is 12.0. The summed E-state index contributed by atoms with van der Waals surface area (Å²) in [6, 6.07) is 5.63. The second-order valence-electron chi connectivity index (χ2n) is 3.45. The predicted octanol–water partition coefficient (Wildman–Crippen LogP) is 1.42. The molecule has 0 aliphatic rings. The molecule has 0 aromatic heterocycles. The molecule has 0 heterocycles. The minimum atomic E-state index is -4.38. The van der Waals surface area contributed by atoms with Gasteiger partial charge in [0.1, 0.15) is 4.90 Å². The van der Waals surface area contributed by atoms with Gasteiger partial charge in [-0.3, -0.25) is 9.35 Å². The molecule has 1 aromatic carbocycles. The van der Waals surface area contributed by atoms with Crippen molar-refractivity contribution < 1.29 is 17.8 Å². The molecule has 0 aliphatic heterocycles. The SMILES string of the molecule is CCN(CC)C(=O)c1ccccc1S(=O)(=O)O. The molecule has 1 N–H and O–H groups in total. The Balaban J connectivity index is 3.28. The third-order valence-corrected chi connectivity index (χ3v) is 3.36. The number of carbonyl (C=O) groups is 1. The Morgan fingerprint density at radius 3 is 2.24 bits per heavy atom. The van der Waals surface area contributed by atoms with Crippen molar-refractivity contribution in [3.05, 3.63) is 29.8 Å². The zero-order valence-electron chi connectivity index (χ0n) is 9.75. The minimum Gasteiger partial charge on any atom is -0.339 e.